The topological polar surface area (TPSA) is 71.8 Å². The summed E-state index contributed by atoms with van der Waals surface area (Å²) >= 11 is 6.33. The number of anilines is 2. The standard InChI is InChI=1S/C23H30ClN5O/c1-5-6-7-8-11-16(3)26-22(30)17-13-19-21(25-14-17)29(4)23(27-19)28-20-15(2)10-9-12-18(20)24/h9-10,12-14,16H,5-8,11H2,1-4H3,(H,26,30)(H,27,28). The van der Waals surface area contributed by atoms with Gasteiger partial charge in [0, 0.05) is 19.3 Å². The lowest BCUT2D eigenvalue weighted by Gasteiger charge is -2.13. The largest absolute Gasteiger partial charge is 0.350 e. The van der Waals surface area contributed by atoms with Gasteiger partial charge in [0.15, 0.2) is 5.65 Å². The fourth-order valence-corrected chi connectivity index (χ4v) is 3.74. The van der Waals surface area contributed by atoms with Crippen LogP contribution < -0.4 is 10.6 Å². The first kappa shape index (κ1) is 22.1. The van der Waals surface area contributed by atoms with E-state index in [1.807, 2.05) is 43.7 Å². The highest BCUT2D eigenvalue weighted by Crippen LogP contribution is 2.29. The number of nitrogens with one attached hydrogen (secondary N) is 2. The Kier molecular flexibility index (Phi) is 7.32. The minimum Gasteiger partial charge on any atom is -0.350 e. The molecule has 3 aromatic rings. The first-order valence-corrected chi connectivity index (χ1v) is 10.9. The summed E-state index contributed by atoms with van der Waals surface area (Å²) in [6, 6.07) is 7.65. The molecule has 1 aromatic carbocycles. The molecular formula is C23H30ClN5O. The number of carbonyl (C=O) groups is 1. The van der Waals surface area contributed by atoms with E-state index < -0.39 is 0 Å². The SMILES string of the molecule is CCCCCCC(C)NC(=O)c1cnc2c(c1)nc(Nc1c(C)cccc1Cl)n2C. The van der Waals surface area contributed by atoms with Crippen LogP contribution in [0.25, 0.3) is 11.2 Å². The average Bonchev–Trinajstić information content (AvgIpc) is 3.03. The number of unbranched alkanes of at least 4 members (excludes halogenated alkanes) is 3. The highest BCUT2D eigenvalue weighted by atomic mass is 35.5. The molecule has 0 saturated heterocycles. The number of carbonyl (C=O) groups excluding carboxylic acids is 1. The fourth-order valence-electron chi connectivity index (χ4n) is 3.47. The van der Waals surface area contributed by atoms with Gasteiger partial charge in [0.1, 0.15) is 5.52 Å². The third-order valence-corrected chi connectivity index (χ3v) is 5.61. The number of para-hydroxylation sites is 1. The number of aromatic nitrogens is 3. The molecule has 2 aromatic heterocycles. The Balaban J connectivity index is 1.74. The molecule has 0 spiro atoms. The average molecular weight is 428 g/mol. The molecule has 0 fully saturated rings. The van der Waals surface area contributed by atoms with E-state index in [-0.39, 0.29) is 11.9 Å². The Morgan fingerprint density at radius 2 is 2.07 bits per heavy atom. The molecule has 6 nitrogen and oxygen atoms in total. The maximum Gasteiger partial charge on any atom is 0.253 e. The van der Waals surface area contributed by atoms with E-state index in [1.54, 1.807) is 12.3 Å². The Morgan fingerprint density at radius 1 is 1.27 bits per heavy atom. The van der Waals surface area contributed by atoms with Gasteiger partial charge in [0.05, 0.1) is 16.3 Å². The normalized spacial score (nSPS) is 12.2. The van der Waals surface area contributed by atoms with Crippen LogP contribution in [0.15, 0.2) is 30.5 Å². The van der Waals surface area contributed by atoms with Gasteiger partial charge in [-0.1, -0.05) is 56.3 Å². The molecule has 2 N–H and O–H groups in total. The van der Waals surface area contributed by atoms with Crippen LogP contribution in [0.5, 0.6) is 0 Å². The van der Waals surface area contributed by atoms with Crippen LogP contribution in [0.2, 0.25) is 5.02 Å². The van der Waals surface area contributed by atoms with Crippen molar-refractivity contribution in [2.24, 2.45) is 7.05 Å². The molecule has 0 radical (unpaired) electrons. The summed E-state index contributed by atoms with van der Waals surface area (Å²) in [4.78, 5) is 21.7. The summed E-state index contributed by atoms with van der Waals surface area (Å²) in [5, 5.41) is 6.99. The molecule has 0 aliphatic rings. The lowest BCUT2D eigenvalue weighted by Crippen LogP contribution is -2.32. The number of imidazole rings is 1. The monoisotopic (exact) mass is 427 g/mol. The van der Waals surface area contributed by atoms with Crippen LogP contribution in [0.1, 0.15) is 61.9 Å². The predicted molar refractivity (Wildman–Crippen MR) is 124 cm³/mol. The lowest BCUT2D eigenvalue weighted by atomic mass is 10.1. The van der Waals surface area contributed by atoms with Gasteiger partial charge in [-0.2, -0.15) is 0 Å². The second-order valence-corrected chi connectivity index (χ2v) is 8.25. The highest BCUT2D eigenvalue weighted by Gasteiger charge is 2.15. The summed E-state index contributed by atoms with van der Waals surface area (Å²) in [5.41, 5.74) is 3.71. The van der Waals surface area contributed by atoms with Gasteiger partial charge in [-0.15, -0.1) is 0 Å². The molecule has 0 bridgehead atoms. The number of amides is 1. The molecule has 1 atom stereocenters. The molecule has 7 heteroatoms. The third kappa shape index (κ3) is 5.11. The number of nitrogens with zero attached hydrogens (tertiary/aromatic N) is 3. The molecule has 0 saturated carbocycles. The second kappa shape index (κ2) is 9.94. The first-order valence-electron chi connectivity index (χ1n) is 10.6. The van der Waals surface area contributed by atoms with Gasteiger partial charge in [-0.25, -0.2) is 9.97 Å². The van der Waals surface area contributed by atoms with Gasteiger partial charge >= 0.3 is 0 Å². The number of rotatable bonds is 9. The zero-order valence-electron chi connectivity index (χ0n) is 18.1. The van der Waals surface area contributed by atoms with Crippen LogP contribution in [0, 0.1) is 6.92 Å². The Morgan fingerprint density at radius 3 is 2.80 bits per heavy atom. The number of benzene rings is 1. The van der Waals surface area contributed by atoms with E-state index in [4.69, 9.17) is 11.6 Å². The summed E-state index contributed by atoms with van der Waals surface area (Å²) in [7, 11) is 1.88. The van der Waals surface area contributed by atoms with E-state index in [1.165, 1.54) is 19.3 Å². The molecule has 1 amide bonds. The maximum absolute atomic E-state index is 12.6. The zero-order valence-corrected chi connectivity index (χ0v) is 18.9. The van der Waals surface area contributed by atoms with Crippen LogP contribution in [0.3, 0.4) is 0 Å². The van der Waals surface area contributed by atoms with E-state index >= 15 is 0 Å². The van der Waals surface area contributed by atoms with Crippen molar-refractivity contribution in [3.63, 3.8) is 0 Å². The van der Waals surface area contributed by atoms with E-state index in [9.17, 15) is 4.79 Å². The summed E-state index contributed by atoms with van der Waals surface area (Å²) in [5.74, 6) is 0.505. The Bertz CT molecular complexity index is 1010. The number of pyridine rings is 1. The molecule has 3 rings (SSSR count). The Hall–Kier alpha value is -2.60. The number of halogens is 1. The molecule has 2 heterocycles. The van der Waals surface area contributed by atoms with Crippen molar-refractivity contribution >= 4 is 40.3 Å². The van der Waals surface area contributed by atoms with Crippen LogP contribution in [-0.4, -0.2) is 26.5 Å². The zero-order chi connectivity index (χ0) is 21.7. The van der Waals surface area contributed by atoms with E-state index in [0.29, 0.717) is 27.7 Å². The minimum atomic E-state index is -0.116. The van der Waals surface area contributed by atoms with Crippen molar-refractivity contribution in [3.8, 4) is 0 Å². The smallest absolute Gasteiger partial charge is 0.253 e. The molecule has 30 heavy (non-hydrogen) atoms. The van der Waals surface area contributed by atoms with Crippen molar-refractivity contribution in [2.75, 3.05) is 5.32 Å². The highest BCUT2D eigenvalue weighted by molar-refractivity contribution is 6.33. The summed E-state index contributed by atoms with van der Waals surface area (Å²) in [6.07, 6.45) is 7.38. The van der Waals surface area contributed by atoms with Crippen molar-refractivity contribution in [1.82, 2.24) is 19.9 Å². The van der Waals surface area contributed by atoms with Crippen molar-refractivity contribution in [3.05, 3.63) is 46.6 Å². The number of hydrogen-bond donors (Lipinski definition) is 2. The first-order chi connectivity index (χ1) is 14.4. The fraction of sp³-hybridized carbons (Fsp3) is 0.435. The summed E-state index contributed by atoms with van der Waals surface area (Å²) < 4.78 is 1.86. The van der Waals surface area contributed by atoms with Crippen molar-refractivity contribution in [2.45, 2.75) is 58.9 Å². The third-order valence-electron chi connectivity index (χ3n) is 5.30. The van der Waals surface area contributed by atoms with E-state index in [0.717, 1.165) is 24.1 Å². The molecular weight excluding hydrogens is 398 g/mol. The summed E-state index contributed by atoms with van der Waals surface area (Å²) in [6.45, 7) is 6.23. The number of fused-ring (bicyclic) bond motifs is 1. The lowest BCUT2D eigenvalue weighted by molar-refractivity contribution is 0.0937. The quantitative estimate of drug-likeness (QED) is 0.425. The van der Waals surface area contributed by atoms with Crippen LogP contribution in [-0.2, 0) is 7.05 Å². The maximum atomic E-state index is 12.6. The second-order valence-electron chi connectivity index (χ2n) is 7.84. The molecule has 160 valence electrons. The van der Waals surface area contributed by atoms with Crippen molar-refractivity contribution in [1.29, 1.82) is 0 Å². The minimum absolute atomic E-state index is 0.116. The number of hydrogen-bond acceptors (Lipinski definition) is 4. The van der Waals surface area contributed by atoms with Gasteiger partial charge < -0.3 is 10.6 Å². The number of aryl methyl sites for hydroxylation is 2. The molecule has 0 aliphatic carbocycles. The van der Waals surface area contributed by atoms with Gasteiger partial charge in [-0.05, 0) is 38.0 Å². The van der Waals surface area contributed by atoms with Gasteiger partial charge in [0.25, 0.3) is 5.91 Å². The molecule has 0 aliphatic heterocycles. The predicted octanol–water partition coefficient (Wildman–Crippen LogP) is 5.76. The van der Waals surface area contributed by atoms with Crippen molar-refractivity contribution < 1.29 is 4.79 Å². The molecule has 1 unspecified atom stereocenters. The van der Waals surface area contributed by atoms with Crippen LogP contribution in [0.4, 0.5) is 11.6 Å². The van der Waals surface area contributed by atoms with Gasteiger partial charge in [-0.3, -0.25) is 9.36 Å². The van der Waals surface area contributed by atoms with Crippen LogP contribution >= 0.6 is 11.6 Å². The van der Waals surface area contributed by atoms with Gasteiger partial charge in [0.2, 0.25) is 5.95 Å². The Labute approximate surface area is 183 Å². The van der Waals surface area contributed by atoms with E-state index in [2.05, 4.69) is 27.5 Å².